The number of carbonyl (C=O) groups excluding carboxylic acids is 1. The summed E-state index contributed by atoms with van der Waals surface area (Å²) in [4.78, 5) is 12.1. The first-order chi connectivity index (χ1) is 9.95. The first kappa shape index (κ1) is 15.6. The van der Waals surface area contributed by atoms with E-state index in [1.807, 2.05) is 56.3 Å². The van der Waals surface area contributed by atoms with Crippen molar-refractivity contribution < 1.29 is 9.53 Å². The van der Waals surface area contributed by atoms with Crippen LogP contribution in [-0.4, -0.2) is 12.0 Å². The number of ether oxygens (including phenoxy) is 1. The van der Waals surface area contributed by atoms with Crippen LogP contribution < -0.4 is 10.1 Å². The van der Waals surface area contributed by atoms with Crippen molar-refractivity contribution in [2.45, 2.75) is 26.9 Å². The van der Waals surface area contributed by atoms with E-state index >= 15 is 0 Å². The van der Waals surface area contributed by atoms with Crippen molar-refractivity contribution in [1.82, 2.24) is 0 Å². The molecule has 1 N–H and O–H groups in total. The fourth-order valence-corrected chi connectivity index (χ4v) is 2.10. The van der Waals surface area contributed by atoms with Gasteiger partial charge in [-0.3, -0.25) is 4.79 Å². The molecule has 2 aromatic rings. The molecule has 3 nitrogen and oxygen atoms in total. The van der Waals surface area contributed by atoms with Gasteiger partial charge in [0.1, 0.15) is 5.75 Å². The van der Waals surface area contributed by atoms with Gasteiger partial charge in [-0.1, -0.05) is 22.0 Å². The molecule has 0 aliphatic heterocycles. The number of hydrogen-bond donors (Lipinski definition) is 1. The molecule has 0 fully saturated rings. The topological polar surface area (TPSA) is 38.3 Å². The van der Waals surface area contributed by atoms with Crippen LogP contribution in [0.5, 0.6) is 5.75 Å². The quantitative estimate of drug-likeness (QED) is 0.885. The van der Waals surface area contributed by atoms with Crippen LogP contribution in [-0.2, 0) is 4.79 Å². The van der Waals surface area contributed by atoms with Crippen LogP contribution in [0.4, 0.5) is 5.69 Å². The summed E-state index contributed by atoms with van der Waals surface area (Å²) < 4.78 is 6.60. The molecule has 0 aliphatic rings. The number of aryl methyl sites for hydroxylation is 2. The van der Waals surface area contributed by atoms with Gasteiger partial charge in [0.05, 0.1) is 0 Å². The van der Waals surface area contributed by atoms with Crippen molar-refractivity contribution >= 4 is 27.5 Å². The van der Waals surface area contributed by atoms with Gasteiger partial charge in [-0.05, 0) is 68.3 Å². The maximum absolute atomic E-state index is 12.1. The number of halogens is 1. The van der Waals surface area contributed by atoms with Crippen LogP contribution in [0.25, 0.3) is 0 Å². The van der Waals surface area contributed by atoms with Gasteiger partial charge in [0, 0.05) is 10.2 Å². The van der Waals surface area contributed by atoms with Gasteiger partial charge >= 0.3 is 0 Å². The SMILES string of the molecule is Cc1ccc(NC(=O)C(C)Oc2ccc(Br)cc2)cc1C. The Balaban J connectivity index is 1.98. The lowest BCUT2D eigenvalue weighted by molar-refractivity contribution is -0.122. The average Bonchev–Trinajstić information content (AvgIpc) is 2.45. The second-order valence-electron chi connectivity index (χ2n) is 5.00. The van der Waals surface area contributed by atoms with Gasteiger partial charge in [0.15, 0.2) is 6.10 Å². The molecule has 0 aliphatic carbocycles. The first-order valence-electron chi connectivity index (χ1n) is 6.76. The molecule has 2 aromatic carbocycles. The van der Waals surface area contributed by atoms with Crippen molar-refractivity contribution in [3.63, 3.8) is 0 Å². The Labute approximate surface area is 133 Å². The zero-order chi connectivity index (χ0) is 15.4. The Kier molecular flexibility index (Phi) is 5.02. The lowest BCUT2D eigenvalue weighted by atomic mass is 10.1. The normalized spacial score (nSPS) is 11.8. The van der Waals surface area contributed by atoms with E-state index < -0.39 is 6.10 Å². The minimum atomic E-state index is -0.562. The maximum Gasteiger partial charge on any atom is 0.265 e. The zero-order valence-corrected chi connectivity index (χ0v) is 13.9. The second-order valence-corrected chi connectivity index (χ2v) is 5.92. The lowest BCUT2D eigenvalue weighted by Gasteiger charge is -2.15. The highest BCUT2D eigenvalue weighted by Gasteiger charge is 2.15. The van der Waals surface area contributed by atoms with Crippen LogP contribution in [0, 0.1) is 13.8 Å². The highest BCUT2D eigenvalue weighted by atomic mass is 79.9. The number of rotatable bonds is 4. The van der Waals surface area contributed by atoms with Crippen LogP contribution >= 0.6 is 15.9 Å². The standard InChI is InChI=1S/C17H18BrNO2/c1-11-4-7-15(10-12(11)2)19-17(20)13(3)21-16-8-5-14(18)6-9-16/h4-10,13H,1-3H3,(H,19,20). The van der Waals surface area contributed by atoms with Crippen molar-refractivity contribution in [3.05, 3.63) is 58.1 Å². The summed E-state index contributed by atoms with van der Waals surface area (Å²) in [7, 11) is 0. The Morgan fingerprint density at radius 3 is 2.38 bits per heavy atom. The van der Waals surface area contributed by atoms with Crippen molar-refractivity contribution in [1.29, 1.82) is 0 Å². The summed E-state index contributed by atoms with van der Waals surface area (Å²) in [5, 5.41) is 2.87. The molecule has 0 spiro atoms. The molecule has 4 heteroatoms. The summed E-state index contributed by atoms with van der Waals surface area (Å²) in [5.74, 6) is 0.502. The zero-order valence-electron chi connectivity index (χ0n) is 12.3. The van der Waals surface area contributed by atoms with E-state index in [1.54, 1.807) is 6.92 Å². The summed E-state index contributed by atoms with van der Waals surface area (Å²) >= 11 is 3.36. The number of benzene rings is 2. The number of carbonyl (C=O) groups is 1. The Bertz CT molecular complexity index is 638. The lowest BCUT2D eigenvalue weighted by Crippen LogP contribution is -2.30. The predicted octanol–water partition coefficient (Wildman–Crippen LogP) is 4.47. The van der Waals surface area contributed by atoms with Crippen LogP contribution in [0.1, 0.15) is 18.1 Å². The Morgan fingerprint density at radius 1 is 1.10 bits per heavy atom. The summed E-state index contributed by atoms with van der Waals surface area (Å²) in [5.41, 5.74) is 3.13. The van der Waals surface area contributed by atoms with E-state index in [4.69, 9.17) is 4.74 Å². The molecule has 0 saturated heterocycles. The van der Waals surface area contributed by atoms with E-state index in [0.717, 1.165) is 15.7 Å². The van der Waals surface area contributed by atoms with Crippen LogP contribution in [0.15, 0.2) is 46.9 Å². The summed E-state index contributed by atoms with van der Waals surface area (Å²) in [6.45, 7) is 5.80. The molecule has 0 heterocycles. The smallest absolute Gasteiger partial charge is 0.265 e. The fourth-order valence-electron chi connectivity index (χ4n) is 1.83. The maximum atomic E-state index is 12.1. The molecule has 1 amide bonds. The number of hydrogen-bond acceptors (Lipinski definition) is 2. The van der Waals surface area contributed by atoms with Crippen LogP contribution in [0.3, 0.4) is 0 Å². The van der Waals surface area contributed by atoms with Crippen LogP contribution in [0.2, 0.25) is 0 Å². The molecule has 110 valence electrons. The summed E-state index contributed by atoms with van der Waals surface area (Å²) in [6.07, 6.45) is -0.562. The molecule has 2 rings (SSSR count). The minimum Gasteiger partial charge on any atom is -0.481 e. The molecule has 21 heavy (non-hydrogen) atoms. The molecule has 0 saturated carbocycles. The van der Waals surface area contributed by atoms with Gasteiger partial charge in [-0.25, -0.2) is 0 Å². The Hall–Kier alpha value is -1.81. The largest absolute Gasteiger partial charge is 0.481 e. The second kappa shape index (κ2) is 6.76. The van der Waals surface area contributed by atoms with Gasteiger partial charge in [0.2, 0.25) is 0 Å². The van der Waals surface area contributed by atoms with E-state index in [9.17, 15) is 4.79 Å². The van der Waals surface area contributed by atoms with Crippen molar-refractivity contribution in [3.8, 4) is 5.75 Å². The van der Waals surface area contributed by atoms with E-state index in [-0.39, 0.29) is 5.91 Å². The molecule has 1 unspecified atom stereocenters. The van der Waals surface area contributed by atoms with Gasteiger partial charge in [-0.2, -0.15) is 0 Å². The molecule has 0 bridgehead atoms. The number of nitrogens with one attached hydrogen (secondary N) is 1. The number of amides is 1. The molecule has 1 atom stereocenters. The predicted molar refractivity (Wildman–Crippen MR) is 88.8 cm³/mol. The molecule has 0 aromatic heterocycles. The molecular weight excluding hydrogens is 330 g/mol. The van der Waals surface area contributed by atoms with Gasteiger partial charge in [0.25, 0.3) is 5.91 Å². The van der Waals surface area contributed by atoms with E-state index in [1.165, 1.54) is 5.56 Å². The average molecular weight is 348 g/mol. The highest BCUT2D eigenvalue weighted by molar-refractivity contribution is 9.10. The van der Waals surface area contributed by atoms with Crippen molar-refractivity contribution in [2.75, 3.05) is 5.32 Å². The fraction of sp³-hybridized carbons (Fsp3) is 0.235. The molecular formula is C17H18BrNO2. The monoisotopic (exact) mass is 347 g/mol. The summed E-state index contributed by atoms with van der Waals surface area (Å²) in [6, 6.07) is 13.2. The van der Waals surface area contributed by atoms with E-state index in [2.05, 4.69) is 21.2 Å². The number of anilines is 1. The molecule has 0 radical (unpaired) electrons. The third-order valence-corrected chi connectivity index (χ3v) is 3.80. The third kappa shape index (κ3) is 4.33. The van der Waals surface area contributed by atoms with Crippen molar-refractivity contribution in [2.24, 2.45) is 0 Å². The van der Waals surface area contributed by atoms with Gasteiger partial charge in [-0.15, -0.1) is 0 Å². The minimum absolute atomic E-state index is 0.166. The Morgan fingerprint density at radius 2 is 1.76 bits per heavy atom. The van der Waals surface area contributed by atoms with Gasteiger partial charge < -0.3 is 10.1 Å². The van der Waals surface area contributed by atoms with E-state index in [0.29, 0.717) is 5.75 Å². The first-order valence-corrected chi connectivity index (χ1v) is 7.55. The third-order valence-electron chi connectivity index (χ3n) is 3.27. The highest BCUT2D eigenvalue weighted by Crippen LogP contribution is 2.18.